The summed E-state index contributed by atoms with van der Waals surface area (Å²) in [6.45, 7) is 0. The first kappa shape index (κ1) is 30.6. The fourth-order valence-electron chi connectivity index (χ4n) is 12.0. The van der Waals surface area contributed by atoms with Crippen LogP contribution >= 0.6 is 0 Å². The molecule has 0 amide bonds. The third-order valence-electron chi connectivity index (χ3n) is 13.9. The van der Waals surface area contributed by atoms with Gasteiger partial charge in [-0.2, -0.15) is 0 Å². The predicted octanol–water partition coefficient (Wildman–Crippen LogP) is 14.1. The largest absolute Gasteiger partial charge is 0.456 e. The van der Waals surface area contributed by atoms with Crippen LogP contribution < -0.4 is 4.90 Å². The van der Waals surface area contributed by atoms with Gasteiger partial charge in [0.1, 0.15) is 11.2 Å². The molecule has 4 bridgehead atoms. The molecule has 5 aliphatic rings. The Bertz CT molecular complexity index is 2710. The number of rotatable bonds is 5. The zero-order valence-electron chi connectivity index (χ0n) is 30.3. The molecule has 1 aromatic heterocycles. The van der Waals surface area contributed by atoms with Gasteiger partial charge < -0.3 is 9.32 Å². The Morgan fingerprint density at radius 2 is 1.06 bits per heavy atom. The highest BCUT2D eigenvalue weighted by atomic mass is 16.3. The zero-order valence-corrected chi connectivity index (χ0v) is 30.3. The van der Waals surface area contributed by atoms with Crippen molar-refractivity contribution >= 4 is 39.0 Å². The number of fused-ring (bicyclic) bond motifs is 6. The monoisotopic (exact) mass is 695 g/mol. The van der Waals surface area contributed by atoms with E-state index in [-0.39, 0.29) is 5.41 Å². The van der Waals surface area contributed by atoms with Gasteiger partial charge in [0.2, 0.25) is 0 Å². The van der Waals surface area contributed by atoms with E-state index < -0.39 is 0 Å². The van der Waals surface area contributed by atoms with Crippen molar-refractivity contribution in [3.05, 3.63) is 175 Å². The molecule has 54 heavy (non-hydrogen) atoms. The number of para-hydroxylation sites is 2. The maximum atomic E-state index is 6.26. The molecule has 0 saturated heterocycles. The minimum absolute atomic E-state index is 0.204. The van der Waals surface area contributed by atoms with Crippen LogP contribution in [0.3, 0.4) is 0 Å². The number of hydrogen-bond donors (Lipinski definition) is 0. The summed E-state index contributed by atoms with van der Waals surface area (Å²) in [6.07, 6.45) is 7.14. The lowest BCUT2D eigenvalue weighted by Gasteiger charge is -2.61. The average Bonchev–Trinajstić information content (AvgIpc) is 3.74. The summed E-state index contributed by atoms with van der Waals surface area (Å²) in [6, 6.07) is 60.6. The molecule has 0 N–H and O–H groups in total. The molecule has 4 saturated carbocycles. The van der Waals surface area contributed by atoms with Gasteiger partial charge in [0.15, 0.2) is 0 Å². The number of anilines is 3. The second kappa shape index (κ2) is 11.6. The Morgan fingerprint density at radius 3 is 1.87 bits per heavy atom. The van der Waals surface area contributed by atoms with Crippen LogP contribution in [0.15, 0.2) is 168 Å². The maximum absolute atomic E-state index is 6.26. The molecule has 1 spiro atoms. The normalized spacial score (nSPS) is 23.3. The van der Waals surface area contributed by atoms with E-state index in [1.165, 1.54) is 65.5 Å². The van der Waals surface area contributed by atoms with Gasteiger partial charge in [-0.1, -0.05) is 115 Å². The van der Waals surface area contributed by atoms with E-state index in [1.807, 2.05) is 6.07 Å². The Hall–Kier alpha value is -5.86. The molecule has 2 nitrogen and oxygen atoms in total. The molecule has 0 atom stereocenters. The van der Waals surface area contributed by atoms with Crippen LogP contribution in [0.25, 0.3) is 55.3 Å². The van der Waals surface area contributed by atoms with E-state index in [1.54, 1.807) is 11.1 Å². The molecule has 260 valence electrons. The smallest absolute Gasteiger partial charge is 0.135 e. The van der Waals surface area contributed by atoms with Crippen molar-refractivity contribution in [3.63, 3.8) is 0 Å². The zero-order chi connectivity index (χ0) is 35.4. The summed E-state index contributed by atoms with van der Waals surface area (Å²) < 4.78 is 6.26. The Balaban J connectivity index is 0.977. The minimum Gasteiger partial charge on any atom is -0.456 e. The van der Waals surface area contributed by atoms with Crippen LogP contribution in [0.5, 0.6) is 0 Å². The Labute approximate surface area is 316 Å². The highest BCUT2D eigenvalue weighted by Gasteiger charge is 2.61. The van der Waals surface area contributed by atoms with Crippen LogP contribution in [0, 0.1) is 23.7 Å². The van der Waals surface area contributed by atoms with Gasteiger partial charge in [0, 0.05) is 33.1 Å². The topological polar surface area (TPSA) is 16.4 Å². The van der Waals surface area contributed by atoms with E-state index in [4.69, 9.17) is 4.42 Å². The number of furan rings is 1. The molecule has 2 heteroatoms. The highest BCUT2D eigenvalue weighted by molar-refractivity contribution is 6.07. The summed E-state index contributed by atoms with van der Waals surface area (Å²) in [5.41, 5.74) is 16.5. The van der Waals surface area contributed by atoms with Crippen LogP contribution in [-0.2, 0) is 5.41 Å². The fourth-order valence-corrected chi connectivity index (χ4v) is 12.0. The van der Waals surface area contributed by atoms with Crippen molar-refractivity contribution in [2.75, 3.05) is 4.90 Å². The summed E-state index contributed by atoms with van der Waals surface area (Å²) in [5.74, 6) is 3.47. The van der Waals surface area contributed by atoms with Gasteiger partial charge >= 0.3 is 0 Å². The van der Waals surface area contributed by atoms with E-state index in [2.05, 4.69) is 163 Å². The van der Waals surface area contributed by atoms with Crippen LogP contribution in [0.4, 0.5) is 17.1 Å². The van der Waals surface area contributed by atoms with Gasteiger partial charge in [-0.05, 0) is 143 Å². The van der Waals surface area contributed by atoms with Crippen molar-refractivity contribution in [3.8, 4) is 33.4 Å². The van der Waals surface area contributed by atoms with Crippen molar-refractivity contribution in [2.24, 2.45) is 23.7 Å². The third kappa shape index (κ3) is 4.34. The highest BCUT2D eigenvalue weighted by Crippen LogP contribution is 2.69. The predicted molar refractivity (Wildman–Crippen MR) is 223 cm³/mol. The average molecular weight is 696 g/mol. The lowest BCUT2D eigenvalue weighted by atomic mass is 9.43. The second-order valence-corrected chi connectivity index (χ2v) is 16.5. The lowest BCUT2D eigenvalue weighted by Crippen LogP contribution is -2.55. The van der Waals surface area contributed by atoms with Gasteiger partial charge in [-0.15, -0.1) is 0 Å². The maximum Gasteiger partial charge on any atom is 0.135 e. The quantitative estimate of drug-likeness (QED) is 0.178. The molecular weight excluding hydrogens is 655 g/mol. The molecular formula is C52H41NO. The molecule has 7 aromatic carbocycles. The van der Waals surface area contributed by atoms with Crippen molar-refractivity contribution in [1.29, 1.82) is 0 Å². The molecule has 8 aromatic rings. The number of hydrogen-bond acceptors (Lipinski definition) is 2. The Morgan fingerprint density at radius 1 is 0.426 bits per heavy atom. The first-order chi connectivity index (χ1) is 26.7. The summed E-state index contributed by atoms with van der Waals surface area (Å²) >= 11 is 0. The number of benzene rings is 7. The van der Waals surface area contributed by atoms with Crippen LogP contribution in [-0.4, -0.2) is 0 Å². The first-order valence-electron chi connectivity index (χ1n) is 19.9. The SMILES string of the molecule is c1ccc(-c2ccccc2N(c2ccc(-c3ccc4c(c3)-c3ccccc3C43C4CC5CC(C4)CC3C5)cc2)c2ccc3oc4ccccc4c3c2)cc1. The summed E-state index contributed by atoms with van der Waals surface area (Å²) in [4.78, 5) is 2.41. The second-order valence-electron chi connectivity index (χ2n) is 16.5. The van der Waals surface area contributed by atoms with Gasteiger partial charge in [0.05, 0.1) is 5.69 Å². The van der Waals surface area contributed by atoms with Crippen molar-refractivity contribution < 1.29 is 4.42 Å². The summed E-state index contributed by atoms with van der Waals surface area (Å²) in [5, 5.41) is 2.26. The van der Waals surface area contributed by atoms with E-state index in [0.717, 1.165) is 62.7 Å². The number of nitrogens with zero attached hydrogens (tertiary/aromatic N) is 1. The first-order valence-corrected chi connectivity index (χ1v) is 19.9. The fraction of sp³-hybridized carbons (Fsp3) is 0.192. The van der Waals surface area contributed by atoms with E-state index >= 15 is 0 Å². The molecule has 0 aliphatic heterocycles. The van der Waals surface area contributed by atoms with E-state index in [0.29, 0.717) is 0 Å². The van der Waals surface area contributed by atoms with E-state index in [9.17, 15) is 0 Å². The van der Waals surface area contributed by atoms with Gasteiger partial charge in [-0.25, -0.2) is 0 Å². The minimum atomic E-state index is 0.204. The van der Waals surface area contributed by atoms with Crippen molar-refractivity contribution in [2.45, 2.75) is 37.5 Å². The third-order valence-corrected chi connectivity index (χ3v) is 13.9. The molecule has 4 fully saturated rings. The van der Waals surface area contributed by atoms with Gasteiger partial charge in [0.25, 0.3) is 0 Å². The van der Waals surface area contributed by atoms with Crippen LogP contribution in [0.1, 0.15) is 43.2 Å². The molecule has 0 radical (unpaired) electrons. The molecule has 5 aliphatic carbocycles. The van der Waals surface area contributed by atoms with Crippen LogP contribution in [0.2, 0.25) is 0 Å². The molecule has 0 unspecified atom stereocenters. The molecule has 13 rings (SSSR count). The Kier molecular flexibility index (Phi) is 6.55. The van der Waals surface area contributed by atoms with Gasteiger partial charge in [-0.3, -0.25) is 0 Å². The molecule has 1 heterocycles. The lowest BCUT2D eigenvalue weighted by molar-refractivity contribution is -0.0399. The summed E-state index contributed by atoms with van der Waals surface area (Å²) in [7, 11) is 0. The van der Waals surface area contributed by atoms with Crippen molar-refractivity contribution in [1.82, 2.24) is 0 Å². The standard InChI is InChI=1S/C52H41NO/c1-2-10-36(11-3-1)42-12-5-8-16-49(42)53(41-23-25-51-46(32-41)44-14-6-9-17-50(44)54-51)40-21-18-35(19-22-40)37-20-24-48-45(31-37)43-13-4-7-15-47(43)52(48)38-27-33-26-34(29-38)30-39(52)28-33/h1-25,31-34,38-39H,26-30H2.